The minimum atomic E-state index is -1.43. The number of methoxy groups -OCH3 is 1. The molecule has 0 radical (unpaired) electrons. The van der Waals surface area contributed by atoms with Crippen molar-refractivity contribution in [2.75, 3.05) is 13.7 Å². The molecule has 0 amide bonds. The fourth-order valence-corrected chi connectivity index (χ4v) is 3.07. The Morgan fingerprint density at radius 3 is 2.45 bits per heavy atom. The Hall–Kier alpha value is -3.79. The van der Waals surface area contributed by atoms with Gasteiger partial charge in [-0.2, -0.15) is 0 Å². The van der Waals surface area contributed by atoms with Gasteiger partial charge in [0.2, 0.25) is 5.43 Å². The van der Waals surface area contributed by atoms with Crippen molar-refractivity contribution < 1.29 is 28.9 Å². The first-order valence-electron chi connectivity index (χ1n) is 10.1. The predicted molar refractivity (Wildman–Crippen MR) is 122 cm³/mol. The summed E-state index contributed by atoms with van der Waals surface area (Å²) in [5, 5.41) is 18.0. The minimum Gasteiger partial charge on any atom is -0.513 e. The van der Waals surface area contributed by atoms with Crippen molar-refractivity contribution in [2.45, 2.75) is 32.4 Å². The van der Waals surface area contributed by atoms with Gasteiger partial charge in [0, 0.05) is 18.3 Å². The number of rotatable bonds is 5. The number of nitrogens with zero attached hydrogens (tertiary/aromatic N) is 1. The molecule has 2 aromatic rings. The highest BCUT2D eigenvalue weighted by Crippen LogP contribution is 2.17. The van der Waals surface area contributed by atoms with Crippen LogP contribution in [0.4, 0.5) is 4.39 Å². The second-order valence-electron chi connectivity index (χ2n) is 7.49. The Labute approximate surface area is 189 Å². The molecule has 6 N–H and O–H groups in total. The summed E-state index contributed by atoms with van der Waals surface area (Å²) in [5.74, 6) is -0.587. The van der Waals surface area contributed by atoms with Crippen LogP contribution >= 0.6 is 0 Å². The zero-order valence-corrected chi connectivity index (χ0v) is 18.6. The second kappa shape index (κ2) is 11.2. The molecule has 2 bridgehead atoms. The van der Waals surface area contributed by atoms with Gasteiger partial charge in [-0.25, -0.2) is 9.18 Å². The molecule has 0 aliphatic carbocycles. The lowest BCUT2D eigenvalue weighted by Gasteiger charge is -2.18. The lowest BCUT2D eigenvalue weighted by Crippen LogP contribution is -2.51. The number of benzene rings is 1. The summed E-state index contributed by atoms with van der Waals surface area (Å²) in [7, 11) is 1.64. The number of halogens is 1. The van der Waals surface area contributed by atoms with E-state index in [0.29, 0.717) is 12.9 Å². The molecule has 1 aromatic carbocycles. The van der Waals surface area contributed by atoms with Crippen LogP contribution in [0.15, 0.2) is 47.2 Å². The average molecular weight is 461 g/mol. The van der Waals surface area contributed by atoms with Crippen molar-refractivity contribution in [1.29, 1.82) is 0 Å². The maximum absolute atomic E-state index is 13.8. The molecule has 33 heavy (non-hydrogen) atoms. The molecule has 2 atom stereocenters. The van der Waals surface area contributed by atoms with Gasteiger partial charge in [0.15, 0.2) is 0 Å². The summed E-state index contributed by atoms with van der Waals surface area (Å²) in [5.41, 5.74) is 9.21. The third kappa shape index (κ3) is 6.13. The number of nitrogens with two attached hydrogens (primary N) is 2. The Kier molecular flexibility index (Phi) is 8.63. The van der Waals surface area contributed by atoms with Crippen LogP contribution in [-0.4, -0.2) is 40.5 Å². The van der Waals surface area contributed by atoms with Crippen LogP contribution in [0.25, 0.3) is 12.0 Å². The summed E-state index contributed by atoms with van der Waals surface area (Å²) >= 11 is 0. The molecule has 2 unspecified atom stereocenters. The number of ether oxygens (including phenoxy) is 2. The fraction of sp³-hybridized carbons (Fsp3) is 0.304. The molecule has 1 aromatic heterocycles. The number of carboxylic acid groups (broad SMARTS) is 1. The van der Waals surface area contributed by atoms with E-state index in [1.807, 2.05) is 31.2 Å². The number of hydrogen-bond donors (Lipinski definition) is 4. The van der Waals surface area contributed by atoms with Crippen molar-refractivity contribution in [1.82, 2.24) is 4.57 Å². The number of pyridine rings is 1. The number of allylic oxidation sites excluding steroid dienone is 1. The standard InChI is InChI=1S/C13H13FN2O4.C10H15NO2/c1-6-2-3-8(14)11(15)10-9(5-17)16(6)4-7(12(10)18)13(19)20;1-8(11)7-13-10-5-3-9(12-2)4-6-10/h3-6,17H,2,15H2,1H3,(H,19,20);3-6,8H,7,11H2,1-2H3/b8-3+,9-5-,11-10-;. The van der Waals surface area contributed by atoms with Crippen LogP contribution in [0.5, 0.6) is 11.5 Å². The van der Waals surface area contributed by atoms with Crippen molar-refractivity contribution in [3.8, 4) is 11.5 Å². The summed E-state index contributed by atoms with van der Waals surface area (Å²) < 4.78 is 25.6. The normalized spacial score (nSPS) is 19.7. The number of fused-ring (bicyclic) bond motifs is 2. The summed E-state index contributed by atoms with van der Waals surface area (Å²) in [6.45, 7) is 4.15. The molecule has 0 saturated carbocycles. The maximum atomic E-state index is 13.8. The first-order chi connectivity index (χ1) is 15.6. The molecule has 3 rings (SSSR count). The van der Waals surface area contributed by atoms with Gasteiger partial charge in [-0.1, -0.05) is 0 Å². The lowest BCUT2D eigenvalue weighted by atomic mass is 10.1. The monoisotopic (exact) mass is 461 g/mol. The van der Waals surface area contributed by atoms with Crippen LogP contribution in [0, 0.1) is 0 Å². The van der Waals surface area contributed by atoms with Gasteiger partial charge in [-0.05, 0) is 50.6 Å². The highest BCUT2D eigenvalue weighted by molar-refractivity contribution is 5.87. The molecule has 1 aliphatic heterocycles. The average Bonchev–Trinajstić information content (AvgIpc) is 2.79. The zero-order valence-electron chi connectivity index (χ0n) is 18.6. The number of aromatic nitrogens is 1. The van der Waals surface area contributed by atoms with E-state index in [0.717, 1.165) is 17.7 Å². The third-order valence-electron chi connectivity index (χ3n) is 4.84. The molecular formula is C23H28FN3O6. The van der Waals surface area contributed by atoms with E-state index >= 15 is 0 Å². The van der Waals surface area contributed by atoms with Crippen LogP contribution in [-0.2, 0) is 0 Å². The SMILES string of the molecule is CC1C\C=C(F)/C(N)=c2/c(=O)c(C(=O)O)cn1/c2=C\O.COc1ccc(OCC(C)N)cc1. The van der Waals surface area contributed by atoms with Crippen LogP contribution in [0.3, 0.4) is 0 Å². The van der Waals surface area contributed by atoms with E-state index in [2.05, 4.69) is 0 Å². The van der Waals surface area contributed by atoms with Crippen molar-refractivity contribution in [3.63, 3.8) is 0 Å². The summed E-state index contributed by atoms with van der Waals surface area (Å²) in [6.07, 6.45) is 3.23. The fourth-order valence-electron chi connectivity index (χ4n) is 3.07. The molecule has 0 spiro atoms. The van der Waals surface area contributed by atoms with Gasteiger partial charge in [0.1, 0.15) is 35.8 Å². The molecule has 0 fully saturated rings. The lowest BCUT2D eigenvalue weighted by molar-refractivity contribution is 0.0694. The minimum absolute atomic E-state index is 0.00625. The molecule has 10 heteroatoms. The first kappa shape index (κ1) is 25.5. The van der Waals surface area contributed by atoms with E-state index < -0.39 is 28.5 Å². The largest absolute Gasteiger partial charge is 0.513 e. The van der Waals surface area contributed by atoms with Gasteiger partial charge in [-0.3, -0.25) is 4.79 Å². The number of carbonyl (C=O) groups is 1. The topological polar surface area (TPSA) is 150 Å². The van der Waals surface area contributed by atoms with Crippen molar-refractivity contribution in [3.05, 3.63) is 68.7 Å². The number of hydrogen-bond acceptors (Lipinski definition) is 7. The van der Waals surface area contributed by atoms with Gasteiger partial charge in [0.05, 0.1) is 23.4 Å². The Balaban J connectivity index is 0.000000257. The van der Waals surface area contributed by atoms with Crippen molar-refractivity contribution >= 4 is 17.9 Å². The summed E-state index contributed by atoms with van der Waals surface area (Å²) in [6, 6.07) is 7.15. The van der Waals surface area contributed by atoms with Crippen LogP contribution in [0.2, 0.25) is 0 Å². The quantitative estimate of drug-likeness (QED) is 0.518. The van der Waals surface area contributed by atoms with Gasteiger partial charge >= 0.3 is 5.97 Å². The Morgan fingerprint density at radius 2 is 1.94 bits per heavy atom. The smallest absolute Gasteiger partial charge is 0.341 e. The molecule has 2 heterocycles. The number of aliphatic hydroxyl groups is 1. The van der Waals surface area contributed by atoms with Gasteiger partial charge in [-0.15, -0.1) is 0 Å². The van der Waals surface area contributed by atoms with Gasteiger partial charge in [0.25, 0.3) is 0 Å². The molecular weight excluding hydrogens is 433 g/mol. The van der Waals surface area contributed by atoms with E-state index in [9.17, 15) is 19.1 Å². The molecule has 0 saturated heterocycles. The number of carboxylic acids is 1. The maximum Gasteiger partial charge on any atom is 0.341 e. The highest BCUT2D eigenvalue weighted by Gasteiger charge is 2.20. The number of aliphatic hydroxyl groups excluding tert-OH is 1. The first-order valence-corrected chi connectivity index (χ1v) is 10.1. The van der Waals surface area contributed by atoms with Crippen molar-refractivity contribution in [2.24, 2.45) is 11.5 Å². The molecule has 1 aliphatic rings. The molecule has 9 nitrogen and oxygen atoms in total. The van der Waals surface area contributed by atoms with E-state index in [4.69, 9.17) is 26.0 Å². The zero-order chi connectivity index (χ0) is 24.7. The Morgan fingerprint density at radius 1 is 1.33 bits per heavy atom. The van der Waals surface area contributed by atoms with Gasteiger partial charge < -0.3 is 35.7 Å². The third-order valence-corrected chi connectivity index (χ3v) is 4.84. The highest BCUT2D eigenvalue weighted by atomic mass is 19.1. The van der Waals surface area contributed by atoms with E-state index in [1.54, 1.807) is 14.0 Å². The van der Waals surface area contributed by atoms with Crippen LogP contribution < -0.4 is 36.9 Å². The second-order valence-corrected chi connectivity index (χ2v) is 7.49. The summed E-state index contributed by atoms with van der Waals surface area (Å²) in [4.78, 5) is 23.2. The molecule has 178 valence electrons. The van der Waals surface area contributed by atoms with E-state index in [1.165, 1.54) is 10.6 Å². The Bertz CT molecular complexity index is 1200. The predicted octanol–water partition coefficient (Wildman–Crippen LogP) is 1.15. The van der Waals surface area contributed by atoms with Crippen LogP contribution in [0.1, 0.15) is 36.7 Å². The number of aromatic carboxylic acids is 1. The van der Waals surface area contributed by atoms with E-state index in [-0.39, 0.29) is 29.1 Å².